The van der Waals surface area contributed by atoms with E-state index in [1.165, 1.54) is 19.3 Å². The third-order valence-electron chi connectivity index (χ3n) is 4.88. The van der Waals surface area contributed by atoms with Crippen LogP contribution in [0.5, 0.6) is 0 Å². The van der Waals surface area contributed by atoms with Gasteiger partial charge in [0.25, 0.3) is 5.91 Å². The van der Waals surface area contributed by atoms with Crippen LogP contribution in [0.25, 0.3) is 0 Å². The zero-order valence-electron chi connectivity index (χ0n) is 12.8. The molecule has 0 radical (unpaired) electrons. The lowest BCUT2D eigenvalue weighted by Crippen LogP contribution is -2.59. The normalized spacial score (nSPS) is 24.1. The first-order chi connectivity index (χ1) is 9.99. The Morgan fingerprint density at radius 3 is 2.90 bits per heavy atom. The van der Waals surface area contributed by atoms with Gasteiger partial charge in [-0.05, 0) is 58.6 Å². The highest BCUT2D eigenvalue weighted by Gasteiger charge is 2.41. The van der Waals surface area contributed by atoms with Gasteiger partial charge in [-0.2, -0.15) is 0 Å². The van der Waals surface area contributed by atoms with Gasteiger partial charge in [0.2, 0.25) is 0 Å². The highest BCUT2D eigenvalue weighted by molar-refractivity contribution is 6.31. The van der Waals surface area contributed by atoms with Gasteiger partial charge in [-0.25, -0.2) is 0 Å². The molecule has 1 aliphatic carbocycles. The molecule has 3 rings (SSSR count). The molecule has 1 atom stereocenters. The molecule has 1 aliphatic heterocycles. The third-order valence-corrected chi connectivity index (χ3v) is 5.09. The van der Waals surface area contributed by atoms with E-state index in [0.717, 1.165) is 19.4 Å². The standard InChI is InChI=1S/C16H24ClN3O/c1-11(2)20-10-12(17)8-14(20)15(21)19-13-4-7-18-16(9-13)5-3-6-16/h8,10-11,13,18H,3-7,9H2,1-2H3,(H,19,21). The van der Waals surface area contributed by atoms with E-state index < -0.39 is 0 Å². The minimum Gasteiger partial charge on any atom is -0.348 e. The monoisotopic (exact) mass is 309 g/mol. The SMILES string of the molecule is CC(C)n1cc(Cl)cc1C(=O)NC1CCNC2(CCC2)C1. The molecule has 4 nitrogen and oxygen atoms in total. The maximum atomic E-state index is 12.6. The maximum Gasteiger partial charge on any atom is 0.268 e. The van der Waals surface area contributed by atoms with Crippen molar-refractivity contribution in [2.45, 2.75) is 63.6 Å². The van der Waals surface area contributed by atoms with Crippen LogP contribution < -0.4 is 10.6 Å². The van der Waals surface area contributed by atoms with Gasteiger partial charge in [0.1, 0.15) is 5.69 Å². The Morgan fingerprint density at radius 2 is 2.29 bits per heavy atom. The number of carbonyl (C=O) groups excluding carboxylic acids is 1. The second-order valence-corrected chi connectivity index (χ2v) is 7.20. The molecule has 2 heterocycles. The lowest BCUT2D eigenvalue weighted by Gasteiger charge is -2.48. The van der Waals surface area contributed by atoms with Gasteiger partial charge in [-0.15, -0.1) is 0 Å². The number of hydrogen-bond donors (Lipinski definition) is 2. The van der Waals surface area contributed by atoms with Crippen molar-refractivity contribution in [2.75, 3.05) is 6.54 Å². The van der Waals surface area contributed by atoms with E-state index in [1.54, 1.807) is 6.07 Å². The highest BCUT2D eigenvalue weighted by Crippen LogP contribution is 2.38. The third kappa shape index (κ3) is 2.97. The number of carbonyl (C=O) groups is 1. The Bertz CT molecular complexity index is 534. The van der Waals surface area contributed by atoms with Gasteiger partial charge in [0.05, 0.1) is 5.02 Å². The summed E-state index contributed by atoms with van der Waals surface area (Å²) in [5.41, 5.74) is 0.963. The predicted molar refractivity (Wildman–Crippen MR) is 84.9 cm³/mol. The van der Waals surface area contributed by atoms with Crippen LogP contribution in [0.2, 0.25) is 5.02 Å². The fraction of sp³-hybridized carbons (Fsp3) is 0.688. The molecule has 0 aromatic carbocycles. The lowest BCUT2D eigenvalue weighted by molar-refractivity contribution is 0.0843. The Hall–Kier alpha value is -1.00. The average molecular weight is 310 g/mol. The molecule has 5 heteroatoms. The van der Waals surface area contributed by atoms with E-state index >= 15 is 0 Å². The van der Waals surface area contributed by atoms with Crippen molar-refractivity contribution < 1.29 is 4.79 Å². The predicted octanol–water partition coefficient (Wildman–Crippen LogP) is 3.13. The molecular weight excluding hydrogens is 286 g/mol. The summed E-state index contributed by atoms with van der Waals surface area (Å²) in [5, 5.41) is 7.46. The number of nitrogens with zero attached hydrogens (tertiary/aromatic N) is 1. The number of piperidine rings is 1. The number of amides is 1. The molecule has 1 spiro atoms. The summed E-state index contributed by atoms with van der Waals surface area (Å²) in [7, 11) is 0. The van der Waals surface area contributed by atoms with Crippen LogP contribution in [0.3, 0.4) is 0 Å². The van der Waals surface area contributed by atoms with Crippen molar-refractivity contribution in [3.63, 3.8) is 0 Å². The zero-order chi connectivity index (χ0) is 15.0. The second-order valence-electron chi connectivity index (χ2n) is 6.77. The van der Waals surface area contributed by atoms with E-state index in [9.17, 15) is 4.79 Å². The Morgan fingerprint density at radius 1 is 1.52 bits per heavy atom. The maximum absolute atomic E-state index is 12.6. The number of halogens is 1. The van der Waals surface area contributed by atoms with Crippen molar-refractivity contribution in [1.29, 1.82) is 0 Å². The Balaban J connectivity index is 1.68. The molecule has 21 heavy (non-hydrogen) atoms. The zero-order valence-corrected chi connectivity index (χ0v) is 13.5. The second kappa shape index (κ2) is 5.65. The summed E-state index contributed by atoms with van der Waals surface area (Å²) >= 11 is 6.06. The van der Waals surface area contributed by atoms with Crippen molar-refractivity contribution in [3.05, 3.63) is 23.0 Å². The summed E-state index contributed by atoms with van der Waals surface area (Å²) < 4.78 is 1.94. The first-order valence-electron chi connectivity index (χ1n) is 7.92. The largest absolute Gasteiger partial charge is 0.348 e. The molecule has 1 unspecified atom stereocenters. The first-order valence-corrected chi connectivity index (χ1v) is 8.30. The topological polar surface area (TPSA) is 46.1 Å². The molecule has 2 N–H and O–H groups in total. The molecule has 1 saturated heterocycles. The molecular formula is C16H24ClN3O. The van der Waals surface area contributed by atoms with Crippen molar-refractivity contribution in [2.24, 2.45) is 0 Å². The van der Waals surface area contributed by atoms with Crippen LogP contribution in [0.4, 0.5) is 0 Å². The van der Waals surface area contributed by atoms with Crippen LogP contribution in [-0.4, -0.2) is 28.6 Å². The molecule has 1 aromatic heterocycles. The van der Waals surface area contributed by atoms with E-state index in [2.05, 4.69) is 24.5 Å². The molecule has 1 saturated carbocycles. The first kappa shape index (κ1) is 14.9. The number of hydrogen-bond acceptors (Lipinski definition) is 2. The molecule has 0 bridgehead atoms. The van der Waals surface area contributed by atoms with Crippen LogP contribution in [0.1, 0.15) is 62.5 Å². The summed E-state index contributed by atoms with van der Waals surface area (Å²) in [4.78, 5) is 12.6. The smallest absolute Gasteiger partial charge is 0.268 e. The summed E-state index contributed by atoms with van der Waals surface area (Å²) in [5.74, 6) is -0.00280. The number of aromatic nitrogens is 1. The number of nitrogens with one attached hydrogen (secondary N) is 2. The quantitative estimate of drug-likeness (QED) is 0.901. The van der Waals surface area contributed by atoms with Gasteiger partial charge in [0, 0.05) is 23.8 Å². The van der Waals surface area contributed by atoms with E-state index in [0.29, 0.717) is 16.3 Å². The van der Waals surface area contributed by atoms with Crippen molar-refractivity contribution in [3.8, 4) is 0 Å². The van der Waals surface area contributed by atoms with E-state index in [1.807, 2.05) is 10.8 Å². The molecule has 1 amide bonds. The fourth-order valence-electron chi connectivity index (χ4n) is 3.58. The minimum atomic E-state index is -0.00280. The van der Waals surface area contributed by atoms with E-state index in [4.69, 9.17) is 11.6 Å². The van der Waals surface area contributed by atoms with Crippen molar-refractivity contribution in [1.82, 2.24) is 15.2 Å². The molecule has 2 fully saturated rings. The lowest BCUT2D eigenvalue weighted by atomic mass is 9.70. The molecule has 116 valence electrons. The Kier molecular flexibility index (Phi) is 4.02. The van der Waals surface area contributed by atoms with Gasteiger partial charge >= 0.3 is 0 Å². The van der Waals surface area contributed by atoms with Gasteiger partial charge in [-0.1, -0.05) is 11.6 Å². The highest BCUT2D eigenvalue weighted by atomic mass is 35.5. The van der Waals surface area contributed by atoms with Crippen LogP contribution >= 0.6 is 11.6 Å². The summed E-state index contributed by atoms with van der Waals surface area (Å²) in [6.45, 7) is 5.11. The van der Waals surface area contributed by atoms with Crippen LogP contribution in [0, 0.1) is 0 Å². The Labute approximate surface area is 131 Å². The van der Waals surface area contributed by atoms with Crippen LogP contribution in [-0.2, 0) is 0 Å². The van der Waals surface area contributed by atoms with Gasteiger partial charge < -0.3 is 15.2 Å². The number of rotatable bonds is 3. The molecule has 2 aliphatic rings. The minimum absolute atomic E-state index is 0.00280. The van der Waals surface area contributed by atoms with Crippen LogP contribution in [0.15, 0.2) is 12.3 Å². The summed E-state index contributed by atoms with van der Waals surface area (Å²) in [6.07, 6.45) is 7.68. The fourth-order valence-corrected chi connectivity index (χ4v) is 3.79. The summed E-state index contributed by atoms with van der Waals surface area (Å²) in [6, 6.07) is 2.26. The van der Waals surface area contributed by atoms with E-state index in [-0.39, 0.29) is 18.0 Å². The molecule has 1 aromatic rings. The van der Waals surface area contributed by atoms with Crippen molar-refractivity contribution >= 4 is 17.5 Å². The average Bonchev–Trinajstić information content (AvgIpc) is 2.80. The van der Waals surface area contributed by atoms with Gasteiger partial charge in [0.15, 0.2) is 0 Å². The van der Waals surface area contributed by atoms with Gasteiger partial charge in [-0.3, -0.25) is 4.79 Å².